The van der Waals surface area contributed by atoms with Crippen molar-refractivity contribution < 1.29 is 17.9 Å². The molecule has 1 unspecified atom stereocenters. The van der Waals surface area contributed by atoms with Gasteiger partial charge < -0.3 is 10.1 Å². The summed E-state index contributed by atoms with van der Waals surface area (Å²) < 4.78 is 42.8. The lowest BCUT2D eigenvalue weighted by atomic mass is 10.1. The van der Waals surface area contributed by atoms with E-state index in [4.69, 9.17) is 4.74 Å². The van der Waals surface area contributed by atoms with E-state index in [9.17, 15) is 13.2 Å². The van der Waals surface area contributed by atoms with Crippen LogP contribution in [0.15, 0.2) is 22.7 Å². The number of nitrogens with one attached hydrogen (secondary N) is 1. The molecular formula is C15H21BrF3NO. The maximum atomic E-state index is 12.4. The van der Waals surface area contributed by atoms with E-state index in [-0.39, 0.29) is 12.1 Å². The van der Waals surface area contributed by atoms with Gasteiger partial charge in [-0.05, 0) is 44.9 Å². The Bertz CT molecular complexity index is 469. The first-order valence-corrected chi connectivity index (χ1v) is 7.49. The van der Waals surface area contributed by atoms with Crippen LogP contribution in [0.25, 0.3) is 0 Å². The molecule has 6 heteroatoms. The molecule has 0 aliphatic heterocycles. The van der Waals surface area contributed by atoms with Crippen LogP contribution < -0.4 is 5.32 Å². The van der Waals surface area contributed by atoms with E-state index < -0.39 is 12.3 Å². The van der Waals surface area contributed by atoms with Gasteiger partial charge in [0.2, 0.25) is 0 Å². The Hall–Kier alpha value is -0.590. The first-order chi connectivity index (χ1) is 9.49. The third kappa shape index (κ3) is 6.80. The molecule has 0 heterocycles. The van der Waals surface area contributed by atoms with Crippen molar-refractivity contribution >= 4 is 15.9 Å². The van der Waals surface area contributed by atoms with Gasteiger partial charge in [-0.3, -0.25) is 0 Å². The van der Waals surface area contributed by atoms with Crippen molar-refractivity contribution in [2.24, 2.45) is 0 Å². The zero-order chi connectivity index (χ0) is 16.3. The second kappa shape index (κ2) is 7.11. The van der Waals surface area contributed by atoms with Crippen LogP contribution in [0, 0.1) is 0 Å². The fraction of sp³-hybridized carbons (Fsp3) is 0.600. The molecular weight excluding hydrogens is 347 g/mol. The number of benzene rings is 1. The van der Waals surface area contributed by atoms with Crippen molar-refractivity contribution in [1.29, 1.82) is 0 Å². The maximum absolute atomic E-state index is 12.4. The summed E-state index contributed by atoms with van der Waals surface area (Å²) in [4.78, 5) is 0. The third-order valence-corrected chi connectivity index (χ3v) is 3.63. The molecule has 1 atom stereocenters. The largest absolute Gasteiger partial charge is 0.414 e. The smallest absolute Gasteiger partial charge is 0.364 e. The molecule has 0 fully saturated rings. The first-order valence-electron chi connectivity index (χ1n) is 6.70. The Labute approximate surface area is 132 Å². The van der Waals surface area contributed by atoms with Crippen molar-refractivity contribution in [2.75, 3.05) is 0 Å². The van der Waals surface area contributed by atoms with Crippen LogP contribution in [0.3, 0.4) is 0 Å². The SMILES string of the molecule is CC(OCc1ccc(CNC(C)(C)C)cc1Br)C(F)(F)F. The fourth-order valence-corrected chi connectivity index (χ4v) is 2.03. The molecule has 0 aliphatic carbocycles. The van der Waals surface area contributed by atoms with Crippen LogP contribution in [0.2, 0.25) is 0 Å². The van der Waals surface area contributed by atoms with Gasteiger partial charge in [0.05, 0.1) is 6.61 Å². The van der Waals surface area contributed by atoms with Crippen LogP contribution in [0.4, 0.5) is 13.2 Å². The zero-order valence-electron chi connectivity index (χ0n) is 12.6. The number of rotatable bonds is 5. The van der Waals surface area contributed by atoms with Crippen LogP contribution in [-0.2, 0) is 17.9 Å². The fourth-order valence-electron chi connectivity index (χ4n) is 1.49. The Morgan fingerprint density at radius 1 is 1.24 bits per heavy atom. The van der Waals surface area contributed by atoms with Gasteiger partial charge in [-0.25, -0.2) is 0 Å². The Kier molecular flexibility index (Phi) is 6.25. The highest BCUT2D eigenvalue weighted by Crippen LogP contribution is 2.25. The van der Waals surface area contributed by atoms with E-state index in [1.54, 1.807) is 6.07 Å². The molecule has 2 nitrogen and oxygen atoms in total. The molecule has 0 radical (unpaired) electrons. The molecule has 0 bridgehead atoms. The molecule has 1 aromatic carbocycles. The van der Waals surface area contributed by atoms with Gasteiger partial charge in [-0.1, -0.05) is 28.1 Å². The van der Waals surface area contributed by atoms with E-state index in [1.807, 2.05) is 12.1 Å². The minimum atomic E-state index is -4.33. The standard InChI is InChI=1S/C15H21BrF3NO/c1-10(15(17,18)19)21-9-12-6-5-11(7-13(12)16)8-20-14(2,3)4/h5-7,10,20H,8-9H2,1-4H3. The molecule has 1 aromatic rings. The van der Waals surface area contributed by atoms with Crippen molar-refractivity contribution in [3.63, 3.8) is 0 Å². The number of alkyl halides is 3. The van der Waals surface area contributed by atoms with Gasteiger partial charge in [0.15, 0.2) is 6.10 Å². The highest BCUT2D eigenvalue weighted by Gasteiger charge is 2.36. The van der Waals surface area contributed by atoms with Gasteiger partial charge >= 0.3 is 6.18 Å². The maximum Gasteiger partial charge on any atom is 0.414 e. The monoisotopic (exact) mass is 367 g/mol. The summed E-state index contributed by atoms with van der Waals surface area (Å²) in [5.41, 5.74) is 1.77. The third-order valence-electron chi connectivity index (χ3n) is 2.89. The van der Waals surface area contributed by atoms with Gasteiger partial charge in [0, 0.05) is 16.6 Å². The Balaban J connectivity index is 2.62. The van der Waals surface area contributed by atoms with Crippen molar-refractivity contribution in [2.45, 2.75) is 58.7 Å². The number of halogens is 4. The molecule has 0 aliphatic rings. The average molecular weight is 368 g/mol. The van der Waals surface area contributed by atoms with E-state index in [0.717, 1.165) is 17.0 Å². The Morgan fingerprint density at radius 2 is 1.86 bits per heavy atom. The van der Waals surface area contributed by atoms with Gasteiger partial charge in [-0.15, -0.1) is 0 Å². The van der Waals surface area contributed by atoms with Crippen LogP contribution in [-0.4, -0.2) is 17.8 Å². The molecule has 1 N–H and O–H groups in total. The van der Waals surface area contributed by atoms with Crippen LogP contribution in [0.1, 0.15) is 38.8 Å². The number of hydrogen-bond acceptors (Lipinski definition) is 2. The van der Waals surface area contributed by atoms with Crippen LogP contribution in [0.5, 0.6) is 0 Å². The Morgan fingerprint density at radius 3 is 2.33 bits per heavy atom. The molecule has 21 heavy (non-hydrogen) atoms. The molecule has 120 valence electrons. The molecule has 0 aromatic heterocycles. The molecule has 0 amide bonds. The normalized spacial score (nSPS) is 14.3. The van der Waals surface area contributed by atoms with Crippen molar-refractivity contribution in [3.05, 3.63) is 33.8 Å². The number of hydrogen-bond donors (Lipinski definition) is 1. The summed E-state index contributed by atoms with van der Waals surface area (Å²) in [6.07, 6.45) is -6.10. The second-order valence-corrected chi connectivity index (χ2v) is 6.88. The summed E-state index contributed by atoms with van der Waals surface area (Å²) in [5.74, 6) is 0. The first kappa shape index (κ1) is 18.5. The predicted octanol–water partition coefficient (Wildman–Crippen LogP) is 4.80. The summed E-state index contributed by atoms with van der Waals surface area (Å²) in [7, 11) is 0. The molecule has 0 saturated heterocycles. The quantitative estimate of drug-likeness (QED) is 0.806. The molecule has 0 saturated carbocycles. The summed E-state index contributed by atoms with van der Waals surface area (Å²) in [6.45, 7) is 7.85. The van der Waals surface area contributed by atoms with E-state index in [1.165, 1.54) is 0 Å². The minimum Gasteiger partial charge on any atom is -0.364 e. The van der Waals surface area contributed by atoms with E-state index >= 15 is 0 Å². The number of ether oxygens (including phenoxy) is 1. The summed E-state index contributed by atoms with van der Waals surface area (Å²) in [6, 6.07) is 5.57. The lowest BCUT2D eigenvalue weighted by Gasteiger charge is -2.21. The summed E-state index contributed by atoms with van der Waals surface area (Å²) in [5, 5.41) is 3.35. The highest BCUT2D eigenvalue weighted by molar-refractivity contribution is 9.10. The molecule has 0 spiro atoms. The van der Waals surface area contributed by atoms with E-state index in [2.05, 4.69) is 42.0 Å². The van der Waals surface area contributed by atoms with Gasteiger partial charge in [-0.2, -0.15) is 13.2 Å². The lowest BCUT2D eigenvalue weighted by Crippen LogP contribution is -2.35. The van der Waals surface area contributed by atoms with Crippen molar-refractivity contribution in [3.8, 4) is 0 Å². The van der Waals surface area contributed by atoms with Gasteiger partial charge in [0.25, 0.3) is 0 Å². The van der Waals surface area contributed by atoms with Gasteiger partial charge in [0.1, 0.15) is 0 Å². The minimum absolute atomic E-state index is 0.0103. The van der Waals surface area contributed by atoms with Crippen molar-refractivity contribution in [1.82, 2.24) is 5.32 Å². The average Bonchev–Trinajstić information content (AvgIpc) is 2.32. The summed E-state index contributed by atoms with van der Waals surface area (Å²) >= 11 is 3.38. The molecule has 1 rings (SSSR count). The zero-order valence-corrected chi connectivity index (χ0v) is 14.2. The topological polar surface area (TPSA) is 21.3 Å². The van der Waals surface area contributed by atoms with E-state index in [0.29, 0.717) is 12.1 Å². The second-order valence-electron chi connectivity index (χ2n) is 6.02. The van der Waals surface area contributed by atoms with Crippen LogP contribution >= 0.6 is 15.9 Å². The predicted molar refractivity (Wildman–Crippen MR) is 81.0 cm³/mol. The lowest BCUT2D eigenvalue weighted by molar-refractivity contribution is -0.217. The highest BCUT2D eigenvalue weighted by atomic mass is 79.9.